The van der Waals surface area contributed by atoms with Gasteiger partial charge in [-0.3, -0.25) is 4.90 Å². The Bertz CT molecular complexity index is 1040. The summed E-state index contributed by atoms with van der Waals surface area (Å²) in [4.78, 5) is 2.36. The van der Waals surface area contributed by atoms with Crippen LogP contribution in [0, 0.1) is 13.8 Å². The maximum atomic E-state index is 5.92. The van der Waals surface area contributed by atoms with Gasteiger partial charge in [-0.15, -0.1) is 10.2 Å². The molecule has 158 valence electrons. The van der Waals surface area contributed by atoms with Crippen molar-refractivity contribution in [3.63, 3.8) is 0 Å². The molecule has 5 rings (SSSR count). The van der Waals surface area contributed by atoms with Crippen molar-refractivity contribution >= 4 is 0 Å². The highest BCUT2D eigenvalue weighted by Gasteiger charge is 2.33. The first kappa shape index (κ1) is 19.3. The van der Waals surface area contributed by atoms with Crippen LogP contribution >= 0.6 is 0 Å². The van der Waals surface area contributed by atoms with Crippen LogP contribution in [0.3, 0.4) is 0 Å². The zero-order valence-corrected chi connectivity index (χ0v) is 17.7. The minimum atomic E-state index is 0.0920. The molecule has 2 fully saturated rings. The van der Waals surface area contributed by atoms with Gasteiger partial charge in [0.15, 0.2) is 0 Å². The summed E-state index contributed by atoms with van der Waals surface area (Å²) >= 11 is 0. The van der Waals surface area contributed by atoms with Gasteiger partial charge in [0.2, 0.25) is 11.8 Å². The molecule has 1 aliphatic carbocycles. The number of ether oxygens (including phenoxy) is 2. The zero-order chi connectivity index (χ0) is 20.7. The second-order valence-electron chi connectivity index (χ2n) is 8.07. The molecule has 3 aromatic rings. The molecule has 0 amide bonds. The first-order valence-electron chi connectivity index (χ1n) is 10.5. The molecular weight excluding hydrogens is 382 g/mol. The Balaban J connectivity index is 1.44. The third-order valence-electron chi connectivity index (χ3n) is 5.97. The number of hydrogen-bond donors (Lipinski definition) is 0. The van der Waals surface area contributed by atoms with E-state index in [0.717, 1.165) is 48.1 Å². The van der Waals surface area contributed by atoms with Gasteiger partial charge in [0.05, 0.1) is 44.3 Å². The molecule has 0 bridgehead atoms. The molecule has 0 N–H and O–H groups in total. The van der Waals surface area contributed by atoms with Gasteiger partial charge in [0, 0.05) is 29.8 Å². The average molecular weight is 409 g/mol. The third kappa shape index (κ3) is 3.61. The summed E-state index contributed by atoms with van der Waals surface area (Å²) < 4.78 is 19.1. The molecule has 0 radical (unpaired) electrons. The van der Waals surface area contributed by atoms with Gasteiger partial charge in [-0.2, -0.15) is 5.10 Å². The van der Waals surface area contributed by atoms with Crippen LogP contribution in [0.2, 0.25) is 0 Å². The Hall–Kier alpha value is -2.71. The highest BCUT2D eigenvalue weighted by atomic mass is 16.5. The number of benzene rings is 1. The Kier molecular flexibility index (Phi) is 5.04. The lowest BCUT2D eigenvalue weighted by Crippen LogP contribution is -2.39. The maximum Gasteiger partial charge on any atom is 0.230 e. The normalized spacial score (nSPS) is 19.9. The lowest BCUT2D eigenvalue weighted by atomic mass is 10.0. The van der Waals surface area contributed by atoms with Crippen molar-refractivity contribution in [1.82, 2.24) is 24.9 Å². The molecule has 1 aliphatic heterocycles. The van der Waals surface area contributed by atoms with Crippen LogP contribution in [0.15, 0.2) is 28.7 Å². The molecule has 2 aliphatic rings. The Morgan fingerprint density at radius 2 is 2.07 bits per heavy atom. The predicted molar refractivity (Wildman–Crippen MR) is 110 cm³/mol. The molecule has 8 heteroatoms. The first-order valence-corrected chi connectivity index (χ1v) is 10.5. The topological polar surface area (TPSA) is 78.4 Å². The van der Waals surface area contributed by atoms with Gasteiger partial charge >= 0.3 is 0 Å². The minimum Gasteiger partial charge on any atom is -0.497 e. The fraction of sp³-hybridized carbons (Fsp3) is 0.500. The van der Waals surface area contributed by atoms with E-state index < -0.39 is 0 Å². The fourth-order valence-corrected chi connectivity index (χ4v) is 4.22. The van der Waals surface area contributed by atoms with E-state index >= 15 is 0 Å². The largest absolute Gasteiger partial charge is 0.497 e. The highest BCUT2D eigenvalue weighted by Crippen LogP contribution is 2.39. The summed E-state index contributed by atoms with van der Waals surface area (Å²) in [7, 11) is 1.68. The number of nitrogens with zero attached hydrogens (tertiary/aromatic N) is 5. The van der Waals surface area contributed by atoms with Crippen molar-refractivity contribution in [2.75, 3.05) is 26.9 Å². The lowest BCUT2D eigenvalue weighted by molar-refractivity contribution is -0.0167. The monoisotopic (exact) mass is 409 g/mol. The van der Waals surface area contributed by atoms with Gasteiger partial charge in [-0.1, -0.05) is 6.07 Å². The average Bonchev–Trinajstić information content (AvgIpc) is 3.44. The Morgan fingerprint density at radius 1 is 1.20 bits per heavy atom. The molecule has 0 spiro atoms. The van der Waals surface area contributed by atoms with E-state index in [4.69, 9.17) is 19.0 Å². The van der Waals surface area contributed by atoms with Crippen LogP contribution in [-0.4, -0.2) is 51.7 Å². The highest BCUT2D eigenvalue weighted by molar-refractivity contribution is 5.42. The molecule has 1 atom stereocenters. The van der Waals surface area contributed by atoms with Crippen LogP contribution in [-0.2, 0) is 11.3 Å². The smallest absolute Gasteiger partial charge is 0.230 e. The number of aromatic nitrogens is 4. The molecule has 0 unspecified atom stereocenters. The number of hydrogen-bond acceptors (Lipinski definition) is 7. The lowest BCUT2D eigenvalue weighted by Gasteiger charge is -2.35. The van der Waals surface area contributed by atoms with Gasteiger partial charge < -0.3 is 13.9 Å². The van der Waals surface area contributed by atoms with Crippen LogP contribution in [0.1, 0.15) is 53.5 Å². The van der Waals surface area contributed by atoms with E-state index in [1.54, 1.807) is 7.11 Å². The number of rotatable bonds is 6. The van der Waals surface area contributed by atoms with Crippen molar-refractivity contribution < 1.29 is 13.9 Å². The van der Waals surface area contributed by atoms with Crippen molar-refractivity contribution in [2.45, 2.75) is 45.2 Å². The van der Waals surface area contributed by atoms with E-state index in [9.17, 15) is 0 Å². The summed E-state index contributed by atoms with van der Waals surface area (Å²) in [5.41, 5.74) is 4.28. The van der Waals surface area contributed by atoms with Crippen molar-refractivity contribution in [3.8, 4) is 11.4 Å². The van der Waals surface area contributed by atoms with Gasteiger partial charge in [-0.05, 0) is 38.8 Å². The maximum absolute atomic E-state index is 5.92. The van der Waals surface area contributed by atoms with Gasteiger partial charge in [-0.25, -0.2) is 4.68 Å². The first-order chi connectivity index (χ1) is 14.6. The van der Waals surface area contributed by atoms with Gasteiger partial charge in [0.25, 0.3) is 0 Å². The van der Waals surface area contributed by atoms with Crippen LogP contribution in [0.4, 0.5) is 0 Å². The van der Waals surface area contributed by atoms with E-state index in [-0.39, 0.29) is 6.04 Å². The molecule has 2 aromatic heterocycles. The fourth-order valence-electron chi connectivity index (χ4n) is 4.22. The Labute approximate surface area is 175 Å². The SMILES string of the molecule is COc1cccc(-n2nc(C)c([C@@H]3COCCN3Cc3nnc(C4CC4)o3)c2C)c1. The van der Waals surface area contributed by atoms with Crippen molar-refractivity contribution in [2.24, 2.45) is 0 Å². The van der Waals surface area contributed by atoms with E-state index in [0.29, 0.717) is 31.6 Å². The van der Waals surface area contributed by atoms with Crippen molar-refractivity contribution in [1.29, 1.82) is 0 Å². The predicted octanol–water partition coefficient (Wildman–Crippen LogP) is 3.33. The van der Waals surface area contributed by atoms with Crippen LogP contribution in [0.25, 0.3) is 5.69 Å². The molecule has 3 heterocycles. The second-order valence-corrected chi connectivity index (χ2v) is 8.07. The summed E-state index contributed by atoms with van der Waals surface area (Å²) in [6.07, 6.45) is 2.31. The molecule has 1 aromatic carbocycles. The zero-order valence-electron chi connectivity index (χ0n) is 17.7. The standard InChI is InChI=1S/C22H27N5O3/c1-14-21(15(2)27(25-14)17-5-4-6-18(11-17)28-3)19-13-29-10-9-26(19)12-20-23-24-22(30-20)16-7-8-16/h4-6,11,16,19H,7-10,12-13H2,1-3H3/t19-/m0/s1. The third-order valence-corrected chi connectivity index (χ3v) is 5.97. The second kappa shape index (κ2) is 7.85. The summed E-state index contributed by atoms with van der Waals surface area (Å²) in [6, 6.07) is 8.05. The van der Waals surface area contributed by atoms with E-state index in [1.807, 2.05) is 28.9 Å². The van der Waals surface area contributed by atoms with Gasteiger partial charge in [0.1, 0.15) is 5.75 Å². The summed E-state index contributed by atoms with van der Waals surface area (Å²) in [6.45, 7) is 6.92. The van der Waals surface area contributed by atoms with Crippen LogP contribution < -0.4 is 4.74 Å². The molecular formula is C22H27N5O3. The Morgan fingerprint density at radius 3 is 2.87 bits per heavy atom. The van der Waals surface area contributed by atoms with E-state index in [2.05, 4.69) is 28.9 Å². The van der Waals surface area contributed by atoms with Crippen molar-refractivity contribution in [3.05, 3.63) is 53.0 Å². The quantitative estimate of drug-likeness (QED) is 0.618. The molecule has 1 saturated carbocycles. The summed E-state index contributed by atoms with van der Waals surface area (Å²) in [5, 5.41) is 13.4. The minimum absolute atomic E-state index is 0.0920. The number of methoxy groups -OCH3 is 1. The molecule has 1 saturated heterocycles. The number of aryl methyl sites for hydroxylation is 1. The van der Waals surface area contributed by atoms with E-state index in [1.165, 1.54) is 5.56 Å². The molecule has 8 nitrogen and oxygen atoms in total. The summed E-state index contributed by atoms with van der Waals surface area (Å²) in [5.74, 6) is 2.75. The number of morpholine rings is 1. The molecule has 30 heavy (non-hydrogen) atoms. The van der Waals surface area contributed by atoms with Crippen LogP contribution in [0.5, 0.6) is 5.75 Å².